The van der Waals surface area contributed by atoms with Gasteiger partial charge in [0.05, 0.1) is 3.79 Å². The molecule has 1 aromatic heterocycles. The van der Waals surface area contributed by atoms with Crippen LogP contribution in [0, 0.1) is 0 Å². The summed E-state index contributed by atoms with van der Waals surface area (Å²) in [5.41, 5.74) is 1.19. The quantitative estimate of drug-likeness (QED) is 0.799. The minimum atomic E-state index is 0.325. The van der Waals surface area contributed by atoms with Crippen LogP contribution < -0.4 is 5.32 Å². The first-order valence-electron chi connectivity index (χ1n) is 5.92. The first kappa shape index (κ1) is 14.1. The summed E-state index contributed by atoms with van der Waals surface area (Å²) in [5, 5.41) is 4.36. The van der Waals surface area contributed by atoms with Crippen molar-refractivity contribution in [3.8, 4) is 0 Å². The van der Waals surface area contributed by atoms with Crippen molar-refractivity contribution in [2.75, 3.05) is 6.54 Å². The summed E-state index contributed by atoms with van der Waals surface area (Å²) >= 11 is 11.5. The smallest absolute Gasteiger partial charge is 0.0701 e. The lowest BCUT2D eigenvalue weighted by Crippen LogP contribution is -2.22. The highest BCUT2D eigenvalue weighted by Gasteiger charge is 2.14. The maximum Gasteiger partial charge on any atom is 0.0701 e. The standard InChI is InChI=1S/C14H15BrClNS/c1-2-17-12(13-7-8-14(15)18-13)9-10-5-3-4-6-11(10)16/h3-8,12,17H,2,9H2,1H3. The van der Waals surface area contributed by atoms with Crippen molar-refractivity contribution >= 4 is 38.9 Å². The van der Waals surface area contributed by atoms with Crippen LogP contribution in [-0.4, -0.2) is 6.54 Å². The Morgan fingerprint density at radius 3 is 2.67 bits per heavy atom. The molecule has 0 aliphatic heterocycles. The largest absolute Gasteiger partial charge is 0.309 e. The van der Waals surface area contributed by atoms with Gasteiger partial charge in [0.15, 0.2) is 0 Å². The predicted molar refractivity (Wildman–Crippen MR) is 83.6 cm³/mol. The number of hydrogen-bond acceptors (Lipinski definition) is 2. The number of likely N-dealkylation sites (N-methyl/N-ethyl adjacent to an activating group) is 1. The van der Waals surface area contributed by atoms with Crippen LogP contribution in [0.5, 0.6) is 0 Å². The van der Waals surface area contributed by atoms with E-state index in [9.17, 15) is 0 Å². The molecule has 0 amide bonds. The Hall–Kier alpha value is -0.350. The Bertz CT molecular complexity index is 512. The van der Waals surface area contributed by atoms with Gasteiger partial charge in [0.25, 0.3) is 0 Å². The van der Waals surface area contributed by atoms with Crippen molar-refractivity contribution < 1.29 is 0 Å². The Morgan fingerprint density at radius 1 is 1.28 bits per heavy atom. The second kappa shape index (κ2) is 6.71. The molecule has 0 radical (unpaired) electrons. The highest BCUT2D eigenvalue weighted by Crippen LogP contribution is 2.30. The molecule has 2 rings (SSSR count). The molecule has 0 aliphatic carbocycles. The highest BCUT2D eigenvalue weighted by molar-refractivity contribution is 9.11. The first-order valence-corrected chi connectivity index (χ1v) is 7.91. The van der Waals surface area contributed by atoms with Crippen LogP contribution in [0.3, 0.4) is 0 Å². The van der Waals surface area contributed by atoms with Crippen LogP contribution >= 0.6 is 38.9 Å². The van der Waals surface area contributed by atoms with Crippen molar-refractivity contribution in [1.82, 2.24) is 5.32 Å². The van der Waals surface area contributed by atoms with Gasteiger partial charge in [-0.25, -0.2) is 0 Å². The molecule has 1 nitrogen and oxygen atoms in total. The third kappa shape index (κ3) is 3.58. The molecule has 2 aromatic rings. The van der Waals surface area contributed by atoms with Crippen LogP contribution in [0.25, 0.3) is 0 Å². The summed E-state index contributed by atoms with van der Waals surface area (Å²) < 4.78 is 1.17. The Morgan fingerprint density at radius 2 is 2.06 bits per heavy atom. The lowest BCUT2D eigenvalue weighted by atomic mass is 10.0. The summed E-state index contributed by atoms with van der Waals surface area (Å²) in [5.74, 6) is 0. The summed E-state index contributed by atoms with van der Waals surface area (Å²) in [6, 6.07) is 12.6. The minimum Gasteiger partial charge on any atom is -0.309 e. The van der Waals surface area contributed by atoms with Crippen molar-refractivity contribution in [3.05, 3.63) is 55.6 Å². The summed E-state index contributed by atoms with van der Waals surface area (Å²) in [7, 11) is 0. The average molecular weight is 345 g/mol. The van der Waals surface area contributed by atoms with Crippen molar-refractivity contribution in [2.45, 2.75) is 19.4 Å². The minimum absolute atomic E-state index is 0.325. The molecule has 4 heteroatoms. The molecule has 0 fully saturated rings. The molecular weight excluding hydrogens is 330 g/mol. The van der Waals surface area contributed by atoms with E-state index in [-0.39, 0.29) is 0 Å². The van der Waals surface area contributed by atoms with Crippen LogP contribution in [0.4, 0.5) is 0 Å². The Labute approximate surface area is 125 Å². The molecule has 0 aliphatic rings. The van der Waals surface area contributed by atoms with Gasteiger partial charge >= 0.3 is 0 Å². The van der Waals surface area contributed by atoms with Crippen molar-refractivity contribution in [1.29, 1.82) is 0 Å². The molecule has 1 N–H and O–H groups in total. The van der Waals surface area contributed by atoms with Gasteiger partial charge in [-0.1, -0.05) is 36.7 Å². The van der Waals surface area contributed by atoms with Gasteiger partial charge in [0, 0.05) is 15.9 Å². The summed E-state index contributed by atoms with van der Waals surface area (Å²) in [6.07, 6.45) is 0.917. The van der Waals surface area contributed by atoms with E-state index in [4.69, 9.17) is 11.6 Å². The molecule has 1 atom stereocenters. The lowest BCUT2D eigenvalue weighted by molar-refractivity contribution is 0.558. The third-order valence-corrected chi connectivity index (χ3v) is 4.88. The van der Waals surface area contributed by atoms with E-state index in [1.165, 1.54) is 14.2 Å². The first-order chi connectivity index (χ1) is 8.70. The molecule has 1 heterocycles. The van der Waals surface area contributed by atoms with Gasteiger partial charge in [0.1, 0.15) is 0 Å². The molecule has 0 saturated carbocycles. The lowest BCUT2D eigenvalue weighted by Gasteiger charge is -2.17. The topological polar surface area (TPSA) is 12.0 Å². The fourth-order valence-electron chi connectivity index (χ4n) is 1.92. The SMILES string of the molecule is CCNC(Cc1ccccc1Cl)c1ccc(Br)s1. The second-order valence-electron chi connectivity index (χ2n) is 4.05. The predicted octanol–water partition coefficient (Wildman–Crippen LogP) is 5.06. The zero-order valence-electron chi connectivity index (χ0n) is 10.1. The zero-order valence-corrected chi connectivity index (χ0v) is 13.3. The fraction of sp³-hybridized carbons (Fsp3) is 0.286. The van der Waals surface area contributed by atoms with Crippen LogP contribution in [0.1, 0.15) is 23.4 Å². The Balaban J connectivity index is 2.19. The number of hydrogen-bond donors (Lipinski definition) is 1. The number of nitrogens with one attached hydrogen (secondary N) is 1. The molecule has 0 saturated heterocycles. The number of halogens is 2. The van der Waals surface area contributed by atoms with E-state index in [1.807, 2.05) is 18.2 Å². The van der Waals surface area contributed by atoms with Crippen LogP contribution in [-0.2, 0) is 6.42 Å². The maximum absolute atomic E-state index is 6.23. The van der Waals surface area contributed by atoms with E-state index < -0.39 is 0 Å². The number of thiophene rings is 1. The van der Waals surface area contributed by atoms with Crippen molar-refractivity contribution in [3.63, 3.8) is 0 Å². The van der Waals surface area contributed by atoms with Crippen molar-refractivity contribution in [2.24, 2.45) is 0 Å². The van der Waals surface area contributed by atoms with Crippen LogP contribution in [0.2, 0.25) is 5.02 Å². The zero-order chi connectivity index (χ0) is 13.0. The average Bonchev–Trinajstić information content (AvgIpc) is 2.78. The Kier molecular flexibility index (Phi) is 5.25. The van der Waals surface area contributed by atoms with Gasteiger partial charge in [-0.3, -0.25) is 0 Å². The summed E-state index contributed by atoms with van der Waals surface area (Å²) in [6.45, 7) is 3.08. The summed E-state index contributed by atoms with van der Waals surface area (Å²) in [4.78, 5) is 1.34. The van der Waals surface area contributed by atoms with Crippen LogP contribution in [0.15, 0.2) is 40.2 Å². The number of benzene rings is 1. The number of rotatable bonds is 5. The van der Waals surface area contributed by atoms with E-state index in [0.717, 1.165) is 18.0 Å². The molecular formula is C14H15BrClNS. The normalized spacial score (nSPS) is 12.6. The van der Waals surface area contributed by atoms with Gasteiger partial charge < -0.3 is 5.32 Å². The van der Waals surface area contributed by atoms with Gasteiger partial charge in [0.2, 0.25) is 0 Å². The van der Waals surface area contributed by atoms with E-state index in [1.54, 1.807) is 11.3 Å². The monoisotopic (exact) mass is 343 g/mol. The third-order valence-electron chi connectivity index (χ3n) is 2.77. The van der Waals surface area contributed by atoms with E-state index in [2.05, 4.69) is 46.4 Å². The van der Waals surface area contributed by atoms with Gasteiger partial charge in [-0.2, -0.15) is 0 Å². The fourth-order valence-corrected chi connectivity index (χ4v) is 3.63. The highest BCUT2D eigenvalue weighted by atomic mass is 79.9. The maximum atomic E-state index is 6.23. The molecule has 1 unspecified atom stereocenters. The van der Waals surface area contributed by atoms with Gasteiger partial charge in [-0.15, -0.1) is 11.3 Å². The van der Waals surface area contributed by atoms with E-state index >= 15 is 0 Å². The molecule has 96 valence electrons. The molecule has 18 heavy (non-hydrogen) atoms. The van der Waals surface area contributed by atoms with E-state index in [0.29, 0.717) is 6.04 Å². The molecule has 0 spiro atoms. The molecule has 1 aromatic carbocycles. The second-order valence-corrected chi connectivity index (χ2v) is 6.95. The molecule has 0 bridgehead atoms. The van der Waals surface area contributed by atoms with Gasteiger partial charge in [-0.05, 0) is 52.7 Å².